The van der Waals surface area contributed by atoms with Gasteiger partial charge in [-0.15, -0.1) is 0 Å². The van der Waals surface area contributed by atoms with Crippen molar-refractivity contribution in [1.82, 2.24) is 14.8 Å². The van der Waals surface area contributed by atoms with Crippen molar-refractivity contribution in [2.45, 2.75) is 38.8 Å². The minimum atomic E-state index is 0.203. The van der Waals surface area contributed by atoms with Crippen LogP contribution in [0.3, 0.4) is 0 Å². The van der Waals surface area contributed by atoms with Gasteiger partial charge in [0.25, 0.3) is 0 Å². The van der Waals surface area contributed by atoms with Crippen molar-refractivity contribution in [3.05, 3.63) is 65.5 Å². The van der Waals surface area contributed by atoms with Crippen LogP contribution in [0.4, 0.5) is 0 Å². The van der Waals surface area contributed by atoms with E-state index >= 15 is 0 Å². The molecule has 136 valence electrons. The van der Waals surface area contributed by atoms with Gasteiger partial charge in [0.05, 0.1) is 5.69 Å². The number of likely N-dealkylation sites (tertiary alicyclic amines) is 2. The Morgan fingerprint density at radius 3 is 2.69 bits per heavy atom. The molecule has 0 spiro atoms. The van der Waals surface area contributed by atoms with Crippen molar-refractivity contribution in [2.75, 3.05) is 19.6 Å². The SMILES string of the molecule is CC(=O)N1CC[C@@H]2[C@H](C1)[C@@H](c1ccccc1)CN2Cc1ncccc1C. The molecule has 0 unspecified atom stereocenters. The molecule has 0 radical (unpaired) electrons. The number of benzene rings is 1. The van der Waals surface area contributed by atoms with Gasteiger partial charge in [0.1, 0.15) is 0 Å². The average Bonchev–Trinajstić information content (AvgIpc) is 3.02. The fraction of sp³-hybridized carbons (Fsp3) is 0.455. The Bertz CT molecular complexity index is 776. The molecule has 2 aliphatic heterocycles. The normalized spacial score (nSPS) is 25.9. The fourth-order valence-electron chi connectivity index (χ4n) is 4.74. The molecule has 0 saturated carbocycles. The Morgan fingerprint density at radius 1 is 1.15 bits per heavy atom. The molecule has 2 aliphatic rings. The molecule has 1 amide bonds. The van der Waals surface area contributed by atoms with Gasteiger partial charge in [0.2, 0.25) is 5.91 Å². The molecule has 4 nitrogen and oxygen atoms in total. The highest BCUT2D eigenvalue weighted by Gasteiger charge is 2.45. The second-order valence-electron chi connectivity index (χ2n) is 7.70. The maximum Gasteiger partial charge on any atom is 0.219 e. The number of piperidine rings is 1. The third-order valence-electron chi connectivity index (χ3n) is 6.18. The van der Waals surface area contributed by atoms with Gasteiger partial charge in [-0.05, 0) is 30.5 Å². The summed E-state index contributed by atoms with van der Waals surface area (Å²) in [6.45, 7) is 7.52. The Kier molecular flexibility index (Phi) is 4.77. The predicted molar refractivity (Wildman–Crippen MR) is 103 cm³/mol. The smallest absolute Gasteiger partial charge is 0.219 e. The molecule has 3 atom stereocenters. The van der Waals surface area contributed by atoms with E-state index in [4.69, 9.17) is 0 Å². The van der Waals surface area contributed by atoms with Gasteiger partial charge in [-0.2, -0.15) is 0 Å². The number of aryl methyl sites for hydroxylation is 1. The third-order valence-corrected chi connectivity index (χ3v) is 6.18. The summed E-state index contributed by atoms with van der Waals surface area (Å²) >= 11 is 0. The molecule has 2 saturated heterocycles. The van der Waals surface area contributed by atoms with E-state index in [9.17, 15) is 4.79 Å². The Labute approximate surface area is 155 Å². The van der Waals surface area contributed by atoms with E-state index in [2.05, 4.69) is 53.2 Å². The summed E-state index contributed by atoms with van der Waals surface area (Å²) in [6, 6.07) is 15.5. The molecule has 0 bridgehead atoms. The first-order valence-electron chi connectivity index (χ1n) is 9.58. The van der Waals surface area contributed by atoms with Crippen LogP contribution in [0.25, 0.3) is 0 Å². The van der Waals surface area contributed by atoms with E-state index in [1.807, 2.05) is 17.2 Å². The largest absolute Gasteiger partial charge is 0.343 e. The Morgan fingerprint density at radius 2 is 1.96 bits per heavy atom. The zero-order valence-electron chi connectivity index (χ0n) is 15.6. The topological polar surface area (TPSA) is 36.4 Å². The number of amides is 1. The van der Waals surface area contributed by atoms with Crippen LogP contribution in [0.1, 0.15) is 36.1 Å². The van der Waals surface area contributed by atoms with Crippen molar-refractivity contribution in [3.63, 3.8) is 0 Å². The predicted octanol–water partition coefficient (Wildman–Crippen LogP) is 3.23. The number of carbonyl (C=O) groups is 1. The first kappa shape index (κ1) is 17.2. The maximum atomic E-state index is 12.0. The summed E-state index contributed by atoms with van der Waals surface area (Å²) < 4.78 is 0. The average molecular weight is 349 g/mol. The van der Waals surface area contributed by atoms with Gasteiger partial charge in [0, 0.05) is 57.2 Å². The number of nitrogens with zero attached hydrogens (tertiary/aromatic N) is 3. The molecule has 1 aromatic carbocycles. The van der Waals surface area contributed by atoms with E-state index in [0.717, 1.165) is 32.6 Å². The summed E-state index contributed by atoms with van der Waals surface area (Å²) in [5.74, 6) is 1.18. The number of aromatic nitrogens is 1. The fourth-order valence-corrected chi connectivity index (χ4v) is 4.74. The van der Waals surface area contributed by atoms with E-state index < -0.39 is 0 Å². The highest BCUT2D eigenvalue weighted by Crippen LogP contribution is 2.42. The van der Waals surface area contributed by atoms with Crippen molar-refractivity contribution in [3.8, 4) is 0 Å². The first-order chi connectivity index (χ1) is 12.6. The van der Waals surface area contributed by atoms with Crippen LogP contribution in [0.15, 0.2) is 48.7 Å². The lowest BCUT2D eigenvalue weighted by Gasteiger charge is -2.38. The first-order valence-corrected chi connectivity index (χ1v) is 9.58. The van der Waals surface area contributed by atoms with E-state index in [-0.39, 0.29) is 5.91 Å². The van der Waals surface area contributed by atoms with Gasteiger partial charge in [-0.25, -0.2) is 0 Å². The second kappa shape index (κ2) is 7.20. The van der Waals surface area contributed by atoms with Crippen LogP contribution in [0, 0.1) is 12.8 Å². The van der Waals surface area contributed by atoms with Crippen LogP contribution >= 0.6 is 0 Å². The summed E-state index contributed by atoms with van der Waals surface area (Å²) in [7, 11) is 0. The summed E-state index contributed by atoms with van der Waals surface area (Å²) in [5.41, 5.74) is 3.83. The number of rotatable bonds is 3. The highest BCUT2D eigenvalue weighted by molar-refractivity contribution is 5.73. The monoisotopic (exact) mass is 349 g/mol. The van der Waals surface area contributed by atoms with Crippen molar-refractivity contribution in [2.24, 2.45) is 5.92 Å². The molecule has 0 aliphatic carbocycles. The third kappa shape index (κ3) is 3.26. The standard InChI is InChI=1S/C22H27N3O/c1-16-7-6-11-23-21(16)15-25-13-19(18-8-4-3-5-9-18)20-14-24(17(2)26)12-10-22(20)25/h3-9,11,19-20,22H,10,12-15H2,1-2H3/t19-,20-,22-/m1/s1. The van der Waals surface area contributed by atoms with Crippen LogP contribution in [0.5, 0.6) is 0 Å². The molecule has 26 heavy (non-hydrogen) atoms. The molecular weight excluding hydrogens is 322 g/mol. The quantitative estimate of drug-likeness (QED) is 0.854. The molecule has 2 fully saturated rings. The number of carbonyl (C=O) groups excluding carboxylic acids is 1. The Hall–Kier alpha value is -2.20. The van der Waals surface area contributed by atoms with Gasteiger partial charge in [-0.1, -0.05) is 36.4 Å². The number of hydrogen-bond acceptors (Lipinski definition) is 3. The molecule has 4 heteroatoms. The molecule has 2 aromatic rings. The molecule has 3 heterocycles. The summed E-state index contributed by atoms with van der Waals surface area (Å²) in [4.78, 5) is 21.2. The van der Waals surface area contributed by atoms with E-state index in [0.29, 0.717) is 17.9 Å². The van der Waals surface area contributed by atoms with Gasteiger partial charge in [-0.3, -0.25) is 14.7 Å². The van der Waals surface area contributed by atoms with Gasteiger partial charge in [0.15, 0.2) is 0 Å². The van der Waals surface area contributed by atoms with Crippen molar-refractivity contribution < 1.29 is 4.79 Å². The number of pyridine rings is 1. The zero-order chi connectivity index (χ0) is 18.1. The number of fused-ring (bicyclic) bond motifs is 1. The van der Waals surface area contributed by atoms with Crippen LogP contribution in [0.2, 0.25) is 0 Å². The lowest BCUT2D eigenvalue weighted by atomic mass is 9.82. The van der Waals surface area contributed by atoms with Crippen LogP contribution in [-0.2, 0) is 11.3 Å². The van der Waals surface area contributed by atoms with Crippen molar-refractivity contribution >= 4 is 5.91 Å². The molecular formula is C22H27N3O. The van der Waals surface area contributed by atoms with E-state index in [1.165, 1.54) is 16.8 Å². The summed E-state index contributed by atoms with van der Waals surface area (Å²) in [6.07, 6.45) is 2.95. The molecule has 4 rings (SSSR count). The second-order valence-corrected chi connectivity index (χ2v) is 7.70. The van der Waals surface area contributed by atoms with Gasteiger partial charge < -0.3 is 4.90 Å². The minimum Gasteiger partial charge on any atom is -0.343 e. The van der Waals surface area contributed by atoms with E-state index in [1.54, 1.807) is 6.92 Å². The van der Waals surface area contributed by atoms with Gasteiger partial charge >= 0.3 is 0 Å². The lowest BCUT2D eigenvalue weighted by Crippen LogP contribution is -2.47. The number of hydrogen-bond donors (Lipinski definition) is 0. The lowest BCUT2D eigenvalue weighted by molar-refractivity contribution is -0.131. The molecule has 1 aromatic heterocycles. The van der Waals surface area contributed by atoms with Crippen LogP contribution < -0.4 is 0 Å². The van der Waals surface area contributed by atoms with Crippen molar-refractivity contribution in [1.29, 1.82) is 0 Å². The maximum absolute atomic E-state index is 12.0. The zero-order valence-corrected chi connectivity index (χ0v) is 15.6. The van der Waals surface area contributed by atoms with Crippen LogP contribution in [-0.4, -0.2) is 46.4 Å². The summed E-state index contributed by atoms with van der Waals surface area (Å²) in [5, 5.41) is 0. The molecule has 0 N–H and O–H groups in total. The minimum absolute atomic E-state index is 0.203. The highest BCUT2D eigenvalue weighted by atomic mass is 16.2. The Balaban J connectivity index is 1.61.